The lowest BCUT2D eigenvalue weighted by Crippen LogP contribution is -2.32. The normalized spacial score (nSPS) is 14.8. The molecule has 2 unspecified atom stereocenters. The molecule has 18 heavy (non-hydrogen) atoms. The summed E-state index contributed by atoms with van der Waals surface area (Å²) in [7, 11) is 1.77. The van der Waals surface area contributed by atoms with E-state index >= 15 is 0 Å². The maximum Gasteiger partial charge on any atom is 0.0737 e. The molecule has 0 amide bonds. The van der Waals surface area contributed by atoms with E-state index in [1.54, 1.807) is 7.11 Å². The van der Waals surface area contributed by atoms with Gasteiger partial charge >= 0.3 is 0 Å². The Labute approximate surface area is 112 Å². The largest absolute Gasteiger partial charge is 0.380 e. The maximum absolute atomic E-state index is 5.48. The maximum atomic E-state index is 5.48. The minimum Gasteiger partial charge on any atom is -0.380 e. The van der Waals surface area contributed by atoms with Crippen molar-refractivity contribution in [3.05, 3.63) is 35.4 Å². The molecule has 2 atom stereocenters. The third-order valence-corrected chi connectivity index (χ3v) is 3.42. The molecule has 0 aliphatic rings. The van der Waals surface area contributed by atoms with E-state index in [1.807, 2.05) is 0 Å². The van der Waals surface area contributed by atoms with E-state index in [2.05, 4.69) is 57.3 Å². The molecule has 0 radical (unpaired) electrons. The van der Waals surface area contributed by atoms with Gasteiger partial charge in [-0.2, -0.15) is 0 Å². The smallest absolute Gasteiger partial charge is 0.0737 e. The quantitative estimate of drug-likeness (QED) is 0.791. The van der Waals surface area contributed by atoms with Gasteiger partial charge in [-0.25, -0.2) is 0 Å². The zero-order valence-corrected chi connectivity index (χ0v) is 12.4. The molecule has 1 aromatic carbocycles. The molecule has 0 spiro atoms. The van der Waals surface area contributed by atoms with Crippen LogP contribution in [0, 0.1) is 0 Å². The van der Waals surface area contributed by atoms with Crippen LogP contribution >= 0.6 is 0 Å². The molecule has 2 nitrogen and oxygen atoms in total. The number of hydrogen-bond acceptors (Lipinski definition) is 2. The standard InChI is InChI=1S/C16H27NO/c1-6-11-17-16(13(4)18-5)15-9-7-14(8-10-15)12(2)3/h7-10,12-13,16-17H,6,11H2,1-5H3. The van der Waals surface area contributed by atoms with Crippen molar-refractivity contribution in [2.45, 2.75) is 52.2 Å². The van der Waals surface area contributed by atoms with E-state index < -0.39 is 0 Å². The highest BCUT2D eigenvalue weighted by molar-refractivity contribution is 5.27. The summed E-state index contributed by atoms with van der Waals surface area (Å²) in [5.74, 6) is 0.584. The Bertz CT molecular complexity index is 331. The summed E-state index contributed by atoms with van der Waals surface area (Å²) in [5.41, 5.74) is 2.69. The molecule has 0 bridgehead atoms. The number of rotatable bonds is 7. The molecule has 0 fully saturated rings. The van der Waals surface area contributed by atoms with Crippen molar-refractivity contribution < 1.29 is 4.74 Å². The van der Waals surface area contributed by atoms with Gasteiger partial charge in [0, 0.05) is 7.11 Å². The van der Waals surface area contributed by atoms with Crippen LogP contribution in [0.25, 0.3) is 0 Å². The molecule has 1 N–H and O–H groups in total. The van der Waals surface area contributed by atoms with Crippen molar-refractivity contribution >= 4 is 0 Å². The van der Waals surface area contributed by atoms with Crippen LogP contribution in [0.5, 0.6) is 0 Å². The van der Waals surface area contributed by atoms with Gasteiger partial charge in [-0.05, 0) is 36.9 Å². The number of benzene rings is 1. The van der Waals surface area contributed by atoms with Gasteiger partial charge in [-0.1, -0.05) is 45.0 Å². The Morgan fingerprint density at radius 1 is 1.06 bits per heavy atom. The first-order chi connectivity index (χ1) is 8.60. The number of hydrogen-bond donors (Lipinski definition) is 1. The van der Waals surface area contributed by atoms with Gasteiger partial charge < -0.3 is 10.1 Å². The first kappa shape index (κ1) is 15.2. The molecule has 2 heteroatoms. The lowest BCUT2D eigenvalue weighted by molar-refractivity contribution is 0.0830. The van der Waals surface area contributed by atoms with E-state index in [9.17, 15) is 0 Å². The zero-order valence-electron chi connectivity index (χ0n) is 12.4. The van der Waals surface area contributed by atoms with E-state index in [0.717, 1.165) is 13.0 Å². The molecule has 0 aliphatic carbocycles. The van der Waals surface area contributed by atoms with Gasteiger partial charge in [-0.15, -0.1) is 0 Å². The molecule has 0 saturated carbocycles. The third-order valence-electron chi connectivity index (χ3n) is 3.42. The second kappa shape index (κ2) is 7.55. The fourth-order valence-electron chi connectivity index (χ4n) is 2.08. The van der Waals surface area contributed by atoms with Crippen molar-refractivity contribution in [2.75, 3.05) is 13.7 Å². The zero-order chi connectivity index (χ0) is 13.5. The minimum absolute atomic E-state index is 0.182. The predicted molar refractivity (Wildman–Crippen MR) is 78.0 cm³/mol. The molecule has 0 aromatic heterocycles. The molecular formula is C16H27NO. The number of nitrogens with one attached hydrogen (secondary N) is 1. The average molecular weight is 249 g/mol. The Kier molecular flexibility index (Phi) is 6.37. The highest BCUT2D eigenvalue weighted by atomic mass is 16.5. The van der Waals surface area contributed by atoms with Gasteiger partial charge in [0.15, 0.2) is 0 Å². The van der Waals surface area contributed by atoms with E-state index in [1.165, 1.54) is 11.1 Å². The Morgan fingerprint density at radius 2 is 1.61 bits per heavy atom. The molecular weight excluding hydrogens is 222 g/mol. The summed E-state index contributed by atoms with van der Waals surface area (Å²) < 4.78 is 5.48. The van der Waals surface area contributed by atoms with Gasteiger partial charge in [0.05, 0.1) is 12.1 Å². The van der Waals surface area contributed by atoms with Gasteiger partial charge in [-0.3, -0.25) is 0 Å². The van der Waals surface area contributed by atoms with Crippen LogP contribution in [0.15, 0.2) is 24.3 Å². The average Bonchev–Trinajstić information content (AvgIpc) is 2.39. The third kappa shape index (κ3) is 4.11. The molecule has 0 aliphatic heterocycles. The van der Waals surface area contributed by atoms with Gasteiger partial charge in [0.2, 0.25) is 0 Å². The van der Waals surface area contributed by atoms with Crippen LogP contribution in [-0.4, -0.2) is 19.8 Å². The monoisotopic (exact) mass is 249 g/mol. The molecule has 0 heterocycles. The van der Waals surface area contributed by atoms with E-state index in [4.69, 9.17) is 4.74 Å². The highest BCUT2D eigenvalue weighted by Crippen LogP contribution is 2.22. The van der Waals surface area contributed by atoms with Crippen LogP contribution in [-0.2, 0) is 4.74 Å². The summed E-state index contributed by atoms with van der Waals surface area (Å²) in [6, 6.07) is 9.17. The summed E-state index contributed by atoms with van der Waals surface area (Å²) in [6.07, 6.45) is 1.32. The van der Waals surface area contributed by atoms with Crippen molar-refractivity contribution in [1.82, 2.24) is 5.32 Å². The van der Waals surface area contributed by atoms with Crippen LogP contribution in [0.4, 0.5) is 0 Å². The van der Waals surface area contributed by atoms with Crippen LogP contribution in [0.1, 0.15) is 57.2 Å². The van der Waals surface area contributed by atoms with Crippen LogP contribution in [0.3, 0.4) is 0 Å². The van der Waals surface area contributed by atoms with Crippen molar-refractivity contribution in [1.29, 1.82) is 0 Å². The fraction of sp³-hybridized carbons (Fsp3) is 0.625. The van der Waals surface area contributed by atoms with Crippen molar-refractivity contribution in [3.8, 4) is 0 Å². The Balaban J connectivity index is 2.83. The van der Waals surface area contributed by atoms with Crippen molar-refractivity contribution in [3.63, 3.8) is 0 Å². The lowest BCUT2D eigenvalue weighted by atomic mass is 9.97. The molecule has 0 saturated heterocycles. The fourth-order valence-corrected chi connectivity index (χ4v) is 2.08. The van der Waals surface area contributed by atoms with Gasteiger partial charge in [0.25, 0.3) is 0 Å². The number of methoxy groups -OCH3 is 1. The van der Waals surface area contributed by atoms with E-state index in [0.29, 0.717) is 5.92 Å². The summed E-state index contributed by atoms with van der Waals surface area (Å²) in [6.45, 7) is 9.76. The summed E-state index contributed by atoms with van der Waals surface area (Å²) >= 11 is 0. The summed E-state index contributed by atoms with van der Waals surface area (Å²) in [4.78, 5) is 0. The highest BCUT2D eigenvalue weighted by Gasteiger charge is 2.18. The Morgan fingerprint density at radius 3 is 2.06 bits per heavy atom. The SMILES string of the molecule is CCCNC(c1ccc(C(C)C)cc1)C(C)OC. The first-order valence-corrected chi connectivity index (χ1v) is 6.96. The molecule has 1 rings (SSSR count). The first-order valence-electron chi connectivity index (χ1n) is 6.96. The summed E-state index contributed by atoms with van der Waals surface area (Å²) in [5, 5.41) is 3.56. The molecule has 1 aromatic rings. The lowest BCUT2D eigenvalue weighted by Gasteiger charge is -2.25. The second-order valence-electron chi connectivity index (χ2n) is 5.19. The van der Waals surface area contributed by atoms with E-state index in [-0.39, 0.29) is 12.1 Å². The molecule has 102 valence electrons. The van der Waals surface area contributed by atoms with Gasteiger partial charge in [0.1, 0.15) is 0 Å². The van der Waals surface area contributed by atoms with Crippen LogP contribution in [0.2, 0.25) is 0 Å². The number of ether oxygens (including phenoxy) is 1. The predicted octanol–water partition coefficient (Wildman–Crippen LogP) is 3.89. The van der Waals surface area contributed by atoms with Crippen molar-refractivity contribution in [2.24, 2.45) is 0 Å². The van der Waals surface area contributed by atoms with Crippen LogP contribution < -0.4 is 5.32 Å². The Hall–Kier alpha value is -0.860. The minimum atomic E-state index is 0.182. The second-order valence-corrected chi connectivity index (χ2v) is 5.19. The topological polar surface area (TPSA) is 21.3 Å².